The zero-order chi connectivity index (χ0) is 19.2. The zero-order valence-corrected chi connectivity index (χ0v) is 16.9. The van der Waals surface area contributed by atoms with E-state index in [1.54, 1.807) is 24.3 Å². The van der Waals surface area contributed by atoms with E-state index in [2.05, 4.69) is 28.4 Å². The number of nitrogens with one attached hydrogen (secondary N) is 1. The summed E-state index contributed by atoms with van der Waals surface area (Å²) in [5.41, 5.74) is 1.14. The molecule has 2 rings (SSSR count). The van der Waals surface area contributed by atoms with Crippen LogP contribution >= 0.6 is 0 Å². The molecule has 26 heavy (non-hydrogen) atoms. The van der Waals surface area contributed by atoms with Gasteiger partial charge in [-0.1, -0.05) is 13.8 Å². The Balaban J connectivity index is 1.84. The lowest BCUT2D eigenvalue weighted by Gasteiger charge is -2.32. The number of nitrogens with zero attached hydrogens (tertiary/aromatic N) is 2. The van der Waals surface area contributed by atoms with E-state index in [9.17, 15) is 13.2 Å². The first-order valence-electron chi connectivity index (χ1n) is 9.39. The summed E-state index contributed by atoms with van der Waals surface area (Å²) < 4.78 is 24.9. The van der Waals surface area contributed by atoms with Crippen LogP contribution in [0.2, 0.25) is 0 Å². The van der Waals surface area contributed by atoms with Crippen molar-refractivity contribution in [2.75, 3.05) is 50.2 Å². The van der Waals surface area contributed by atoms with E-state index in [4.69, 9.17) is 0 Å². The van der Waals surface area contributed by atoms with Gasteiger partial charge in [0.25, 0.3) is 0 Å². The molecular formula is C19H31N3O3S. The number of sulfonamides is 1. The fourth-order valence-electron chi connectivity index (χ4n) is 3.39. The van der Waals surface area contributed by atoms with E-state index in [1.807, 2.05) is 0 Å². The second-order valence-corrected chi connectivity index (χ2v) is 8.71. The Morgan fingerprint density at radius 2 is 1.73 bits per heavy atom. The average Bonchev–Trinajstić information content (AvgIpc) is 2.62. The standard InChI is InChI=1S/C19H31N3O3S/c1-4-21(5-2)14-15-22-12-10-17(11-13-22)19(23)16-6-8-18(9-7-16)20-26(3,24)25/h6-9,17,20H,4-5,10-15H2,1-3H3. The Morgan fingerprint density at radius 3 is 2.23 bits per heavy atom. The maximum absolute atomic E-state index is 12.7. The summed E-state index contributed by atoms with van der Waals surface area (Å²) >= 11 is 0. The van der Waals surface area contributed by atoms with Crippen LogP contribution in [0, 0.1) is 5.92 Å². The van der Waals surface area contributed by atoms with Crippen molar-refractivity contribution in [1.82, 2.24) is 9.80 Å². The van der Waals surface area contributed by atoms with Gasteiger partial charge in [-0.05, 0) is 63.3 Å². The topological polar surface area (TPSA) is 69.7 Å². The first-order chi connectivity index (χ1) is 12.3. The maximum Gasteiger partial charge on any atom is 0.229 e. The van der Waals surface area contributed by atoms with Crippen LogP contribution in [0.5, 0.6) is 0 Å². The Hall–Kier alpha value is -1.44. The van der Waals surface area contributed by atoms with Gasteiger partial charge < -0.3 is 9.80 Å². The largest absolute Gasteiger partial charge is 0.303 e. The number of Topliss-reactive ketones (excluding diaryl/α,β-unsaturated/α-hetero) is 1. The van der Waals surface area contributed by atoms with Crippen LogP contribution in [0.15, 0.2) is 24.3 Å². The summed E-state index contributed by atoms with van der Waals surface area (Å²) in [4.78, 5) is 17.6. The minimum Gasteiger partial charge on any atom is -0.303 e. The molecule has 6 nitrogen and oxygen atoms in total. The van der Waals surface area contributed by atoms with Gasteiger partial charge >= 0.3 is 0 Å². The first kappa shape index (κ1) is 20.9. The molecule has 1 heterocycles. The van der Waals surface area contributed by atoms with E-state index in [-0.39, 0.29) is 11.7 Å². The van der Waals surface area contributed by atoms with E-state index in [1.165, 1.54) is 0 Å². The molecule has 1 saturated heterocycles. The average molecular weight is 382 g/mol. The van der Waals surface area contributed by atoms with Gasteiger partial charge in [0.15, 0.2) is 5.78 Å². The highest BCUT2D eigenvalue weighted by atomic mass is 32.2. The number of rotatable bonds is 9. The minimum absolute atomic E-state index is 0.0634. The van der Waals surface area contributed by atoms with Gasteiger partial charge in [0.05, 0.1) is 6.26 Å². The number of benzene rings is 1. The summed E-state index contributed by atoms with van der Waals surface area (Å²) in [6, 6.07) is 6.71. The molecular weight excluding hydrogens is 350 g/mol. The van der Waals surface area contributed by atoms with Crippen molar-refractivity contribution in [1.29, 1.82) is 0 Å². The molecule has 0 aromatic heterocycles. The van der Waals surface area contributed by atoms with Crippen LogP contribution in [0.25, 0.3) is 0 Å². The van der Waals surface area contributed by atoms with Gasteiger partial charge in [-0.25, -0.2) is 8.42 Å². The van der Waals surface area contributed by atoms with Crippen molar-refractivity contribution >= 4 is 21.5 Å². The molecule has 1 fully saturated rings. The summed E-state index contributed by atoms with van der Waals surface area (Å²) in [5, 5.41) is 0. The number of ketones is 1. The lowest BCUT2D eigenvalue weighted by molar-refractivity contribution is 0.0831. The summed E-state index contributed by atoms with van der Waals surface area (Å²) in [5.74, 6) is 0.229. The quantitative estimate of drug-likeness (QED) is 0.665. The monoisotopic (exact) mass is 381 g/mol. The number of hydrogen-bond donors (Lipinski definition) is 1. The molecule has 1 aromatic rings. The lowest BCUT2D eigenvalue weighted by Crippen LogP contribution is -2.41. The predicted molar refractivity (Wildman–Crippen MR) is 106 cm³/mol. The first-order valence-corrected chi connectivity index (χ1v) is 11.3. The molecule has 0 aliphatic carbocycles. The Kier molecular flexibility index (Phi) is 7.61. The molecule has 7 heteroatoms. The van der Waals surface area contributed by atoms with Crippen molar-refractivity contribution < 1.29 is 13.2 Å². The fourth-order valence-corrected chi connectivity index (χ4v) is 3.96. The number of likely N-dealkylation sites (N-methyl/N-ethyl adjacent to an activating group) is 1. The molecule has 0 bridgehead atoms. The highest BCUT2D eigenvalue weighted by molar-refractivity contribution is 7.92. The molecule has 0 spiro atoms. The number of carbonyl (C=O) groups is 1. The number of hydrogen-bond acceptors (Lipinski definition) is 5. The van der Waals surface area contributed by atoms with Crippen molar-refractivity contribution in [3.05, 3.63) is 29.8 Å². The summed E-state index contributed by atoms with van der Waals surface area (Å²) in [6.07, 6.45) is 2.89. The third-order valence-corrected chi connectivity index (χ3v) is 5.66. The molecule has 1 aliphatic heterocycles. The molecule has 1 aliphatic rings. The molecule has 0 saturated carbocycles. The predicted octanol–water partition coefficient (Wildman–Crippen LogP) is 2.29. The van der Waals surface area contributed by atoms with Gasteiger partial charge in [-0.15, -0.1) is 0 Å². The van der Waals surface area contributed by atoms with Gasteiger partial charge in [0.2, 0.25) is 10.0 Å². The van der Waals surface area contributed by atoms with Gasteiger partial charge in [-0.2, -0.15) is 0 Å². The maximum atomic E-state index is 12.7. The molecule has 0 atom stereocenters. The third-order valence-electron chi connectivity index (χ3n) is 5.06. The Morgan fingerprint density at radius 1 is 1.15 bits per heavy atom. The second kappa shape index (κ2) is 9.48. The highest BCUT2D eigenvalue weighted by Gasteiger charge is 2.25. The van der Waals surface area contributed by atoms with E-state index in [0.29, 0.717) is 11.3 Å². The molecule has 0 unspecified atom stereocenters. The normalized spacial score (nSPS) is 16.8. The summed E-state index contributed by atoms with van der Waals surface area (Å²) in [7, 11) is -3.30. The minimum atomic E-state index is -3.30. The SMILES string of the molecule is CCN(CC)CCN1CCC(C(=O)c2ccc(NS(C)(=O)=O)cc2)CC1. The number of carbonyl (C=O) groups excluding carboxylic acids is 1. The van der Waals surface area contributed by atoms with Crippen LogP contribution < -0.4 is 4.72 Å². The van der Waals surface area contributed by atoms with Crippen molar-refractivity contribution in [2.24, 2.45) is 5.92 Å². The van der Waals surface area contributed by atoms with Crippen LogP contribution in [-0.4, -0.2) is 69.5 Å². The zero-order valence-electron chi connectivity index (χ0n) is 16.1. The Labute approximate surface area is 157 Å². The van der Waals surface area contributed by atoms with Crippen molar-refractivity contribution in [3.8, 4) is 0 Å². The number of piperidine rings is 1. The highest BCUT2D eigenvalue weighted by Crippen LogP contribution is 2.22. The van der Waals surface area contributed by atoms with Crippen molar-refractivity contribution in [3.63, 3.8) is 0 Å². The summed E-state index contributed by atoms with van der Waals surface area (Å²) in [6.45, 7) is 10.6. The van der Waals surface area contributed by atoms with Gasteiger partial charge in [0, 0.05) is 30.3 Å². The number of anilines is 1. The smallest absolute Gasteiger partial charge is 0.229 e. The van der Waals surface area contributed by atoms with Crippen LogP contribution in [-0.2, 0) is 10.0 Å². The third kappa shape index (κ3) is 6.37. The Bertz CT molecular complexity index is 676. The molecule has 0 radical (unpaired) electrons. The van der Waals surface area contributed by atoms with Gasteiger partial charge in [-0.3, -0.25) is 9.52 Å². The molecule has 0 amide bonds. The fraction of sp³-hybridized carbons (Fsp3) is 0.632. The molecule has 146 valence electrons. The lowest BCUT2D eigenvalue weighted by atomic mass is 9.89. The van der Waals surface area contributed by atoms with E-state index >= 15 is 0 Å². The molecule has 1 N–H and O–H groups in total. The van der Waals surface area contributed by atoms with Crippen LogP contribution in [0.3, 0.4) is 0 Å². The van der Waals surface area contributed by atoms with E-state index in [0.717, 1.165) is 58.4 Å². The number of likely N-dealkylation sites (tertiary alicyclic amines) is 1. The second-order valence-electron chi connectivity index (χ2n) is 6.96. The van der Waals surface area contributed by atoms with Crippen LogP contribution in [0.1, 0.15) is 37.0 Å². The van der Waals surface area contributed by atoms with Crippen LogP contribution in [0.4, 0.5) is 5.69 Å². The molecule has 1 aromatic carbocycles. The van der Waals surface area contributed by atoms with Gasteiger partial charge in [0.1, 0.15) is 0 Å². The van der Waals surface area contributed by atoms with Crippen molar-refractivity contribution in [2.45, 2.75) is 26.7 Å². The van der Waals surface area contributed by atoms with E-state index < -0.39 is 10.0 Å².